The van der Waals surface area contributed by atoms with Crippen LogP contribution in [0.15, 0.2) is 12.1 Å². The molecule has 5 heteroatoms. The van der Waals surface area contributed by atoms with E-state index in [4.69, 9.17) is 9.47 Å². The highest BCUT2D eigenvalue weighted by Gasteiger charge is 2.36. The third-order valence-electron chi connectivity index (χ3n) is 2.26. The summed E-state index contributed by atoms with van der Waals surface area (Å²) < 4.78 is 36.3. The van der Waals surface area contributed by atoms with Gasteiger partial charge in [0.25, 0.3) is 0 Å². The molecule has 1 heterocycles. The third kappa shape index (κ3) is 1.80. The Bertz CT molecular complexity index is 397. The zero-order valence-electron chi connectivity index (χ0n) is 8.02. The van der Waals surface area contributed by atoms with Crippen LogP contribution >= 0.6 is 15.9 Å². The van der Waals surface area contributed by atoms with E-state index in [1.807, 2.05) is 6.92 Å². The minimum atomic E-state index is -0.769. The minimum absolute atomic E-state index is 0.150. The van der Waals surface area contributed by atoms with Crippen LogP contribution in [0.25, 0.3) is 0 Å². The molecule has 0 fully saturated rings. The molecular weight excluding hydrogens is 270 g/mol. The summed E-state index contributed by atoms with van der Waals surface area (Å²) in [5, 5.41) is 0. The van der Waals surface area contributed by atoms with Crippen molar-refractivity contribution in [1.82, 2.24) is 0 Å². The molecule has 0 bridgehead atoms. The maximum Gasteiger partial charge on any atom is 0.202 e. The van der Waals surface area contributed by atoms with Crippen molar-refractivity contribution in [3.63, 3.8) is 0 Å². The molecule has 0 aromatic heterocycles. The first-order chi connectivity index (χ1) is 7.06. The standard InChI is InChI=1S/C10H9BrF2O2/c1-2-10(11)5-14-8-6(12)3-4-7(13)9(8)15-10/h3-4H,2,5H2,1H3/t10-/m1/s1. The Morgan fingerprint density at radius 3 is 2.53 bits per heavy atom. The van der Waals surface area contributed by atoms with E-state index in [2.05, 4.69) is 15.9 Å². The highest BCUT2D eigenvalue weighted by atomic mass is 79.9. The molecule has 0 saturated heterocycles. The number of hydrogen-bond acceptors (Lipinski definition) is 2. The number of rotatable bonds is 1. The van der Waals surface area contributed by atoms with Gasteiger partial charge in [-0.2, -0.15) is 0 Å². The zero-order chi connectivity index (χ0) is 11.1. The van der Waals surface area contributed by atoms with Crippen molar-refractivity contribution in [1.29, 1.82) is 0 Å². The van der Waals surface area contributed by atoms with Crippen LogP contribution in [0.4, 0.5) is 8.78 Å². The summed E-state index contributed by atoms with van der Waals surface area (Å²) in [5.74, 6) is -1.56. The van der Waals surface area contributed by atoms with Crippen LogP contribution in [-0.2, 0) is 0 Å². The Balaban J connectivity index is 2.45. The summed E-state index contributed by atoms with van der Waals surface area (Å²) in [5.41, 5.74) is 0. The van der Waals surface area contributed by atoms with Crippen LogP contribution < -0.4 is 9.47 Å². The van der Waals surface area contributed by atoms with Gasteiger partial charge in [0, 0.05) is 0 Å². The maximum absolute atomic E-state index is 13.3. The summed E-state index contributed by atoms with van der Waals surface area (Å²) in [7, 11) is 0. The summed E-state index contributed by atoms with van der Waals surface area (Å²) >= 11 is 3.29. The summed E-state index contributed by atoms with van der Waals surface area (Å²) in [6.45, 7) is 2.01. The number of benzene rings is 1. The van der Waals surface area contributed by atoms with E-state index in [9.17, 15) is 8.78 Å². The molecule has 1 aromatic rings. The first-order valence-corrected chi connectivity index (χ1v) is 5.34. The molecule has 82 valence electrons. The van der Waals surface area contributed by atoms with Gasteiger partial charge in [0.15, 0.2) is 21.9 Å². The van der Waals surface area contributed by atoms with Crippen molar-refractivity contribution in [2.75, 3.05) is 6.61 Å². The fraction of sp³-hybridized carbons (Fsp3) is 0.400. The number of halogens is 3. The van der Waals surface area contributed by atoms with E-state index >= 15 is 0 Å². The highest BCUT2D eigenvalue weighted by Crippen LogP contribution is 2.42. The average molecular weight is 279 g/mol. The molecule has 0 N–H and O–H groups in total. The minimum Gasteiger partial charge on any atom is -0.482 e. The van der Waals surface area contributed by atoms with E-state index in [-0.39, 0.29) is 18.1 Å². The lowest BCUT2D eigenvalue weighted by atomic mass is 10.2. The lowest BCUT2D eigenvalue weighted by molar-refractivity contribution is 0.0581. The second-order valence-electron chi connectivity index (χ2n) is 3.31. The monoisotopic (exact) mass is 278 g/mol. The fourth-order valence-corrected chi connectivity index (χ4v) is 1.59. The first kappa shape index (κ1) is 10.7. The van der Waals surface area contributed by atoms with Crippen molar-refractivity contribution in [2.24, 2.45) is 0 Å². The Hall–Kier alpha value is -0.840. The predicted octanol–water partition coefficient (Wildman–Crippen LogP) is 3.24. The highest BCUT2D eigenvalue weighted by molar-refractivity contribution is 9.10. The quantitative estimate of drug-likeness (QED) is 0.735. The predicted molar refractivity (Wildman–Crippen MR) is 54.4 cm³/mol. The van der Waals surface area contributed by atoms with Crippen LogP contribution in [0.3, 0.4) is 0 Å². The molecule has 1 aliphatic rings. The molecule has 1 atom stereocenters. The van der Waals surface area contributed by atoms with Crippen molar-refractivity contribution in [2.45, 2.75) is 17.9 Å². The summed E-state index contributed by atoms with van der Waals surface area (Å²) in [6, 6.07) is 2.04. The molecule has 0 saturated carbocycles. The van der Waals surface area contributed by atoms with Gasteiger partial charge < -0.3 is 9.47 Å². The van der Waals surface area contributed by atoms with E-state index in [1.54, 1.807) is 0 Å². The summed E-state index contributed by atoms with van der Waals surface area (Å²) in [4.78, 5) is 0. The molecule has 15 heavy (non-hydrogen) atoms. The number of ether oxygens (including phenoxy) is 2. The fourth-order valence-electron chi connectivity index (χ4n) is 1.31. The molecule has 2 nitrogen and oxygen atoms in total. The van der Waals surface area contributed by atoms with Crippen LogP contribution in [-0.4, -0.2) is 11.1 Å². The van der Waals surface area contributed by atoms with Gasteiger partial charge in [0.2, 0.25) is 5.75 Å². The normalized spacial score (nSPS) is 24.0. The van der Waals surface area contributed by atoms with Gasteiger partial charge in [-0.05, 0) is 34.5 Å². The van der Waals surface area contributed by atoms with Gasteiger partial charge in [-0.1, -0.05) is 6.92 Å². The van der Waals surface area contributed by atoms with Crippen molar-refractivity contribution in [3.05, 3.63) is 23.8 Å². The van der Waals surface area contributed by atoms with E-state index in [1.165, 1.54) is 0 Å². The molecule has 0 aliphatic carbocycles. The zero-order valence-corrected chi connectivity index (χ0v) is 9.61. The van der Waals surface area contributed by atoms with E-state index < -0.39 is 16.1 Å². The number of alkyl halides is 1. The molecular formula is C10H9BrF2O2. The molecule has 0 spiro atoms. The first-order valence-electron chi connectivity index (χ1n) is 4.54. The second kappa shape index (κ2) is 3.63. The smallest absolute Gasteiger partial charge is 0.202 e. The topological polar surface area (TPSA) is 18.5 Å². The van der Waals surface area contributed by atoms with Crippen molar-refractivity contribution in [3.8, 4) is 11.5 Å². The largest absolute Gasteiger partial charge is 0.482 e. The molecule has 0 unspecified atom stereocenters. The van der Waals surface area contributed by atoms with Gasteiger partial charge in [-0.3, -0.25) is 0 Å². The Morgan fingerprint density at radius 1 is 1.33 bits per heavy atom. The Kier molecular flexibility index (Phi) is 2.58. The van der Waals surface area contributed by atoms with Crippen LogP contribution in [0.1, 0.15) is 13.3 Å². The van der Waals surface area contributed by atoms with Crippen LogP contribution in [0.2, 0.25) is 0 Å². The van der Waals surface area contributed by atoms with E-state index in [0.29, 0.717) is 6.42 Å². The third-order valence-corrected chi connectivity index (χ3v) is 3.21. The summed E-state index contributed by atoms with van der Waals surface area (Å²) in [6.07, 6.45) is 0.586. The molecule has 0 radical (unpaired) electrons. The Morgan fingerprint density at radius 2 is 1.93 bits per heavy atom. The number of fused-ring (bicyclic) bond motifs is 1. The number of hydrogen-bond donors (Lipinski definition) is 0. The second-order valence-corrected chi connectivity index (χ2v) is 4.76. The van der Waals surface area contributed by atoms with Crippen LogP contribution in [0, 0.1) is 11.6 Å². The molecule has 0 amide bonds. The van der Waals surface area contributed by atoms with Gasteiger partial charge in [-0.15, -0.1) is 0 Å². The molecule has 2 rings (SSSR count). The van der Waals surface area contributed by atoms with Gasteiger partial charge in [-0.25, -0.2) is 8.78 Å². The molecule has 1 aliphatic heterocycles. The van der Waals surface area contributed by atoms with E-state index in [0.717, 1.165) is 12.1 Å². The van der Waals surface area contributed by atoms with Crippen LogP contribution in [0.5, 0.6) is 11.5 Å². The lowest BCUT2D eigenvalue weighted by Gasteiger charge is -2.33. The lowest BCUT2D eigenvalue weighted by Crippen LogP contribution is -2.38. The Labute approximate surface area is 94.3 Å². The van der Waals surface area contributed by atoms with Crippen molar-refractivity contribution < 1.29 is 18.3 Å². The van der Waals surface area contributed by atoms with Crippen molar-refractivity contribution >= 4 is 15.9 Å². The maximum atomic E-state index is 13.3. The van der Waals surface area contributed by atoms with Gasteiger partial charge in [0.05, 0.1) is 0 Å². The van der Waals surface area contributed by atoms with Gasteiger partial charge >= 0.3 is 0 Å². The average Bonchev–Trinajstić information content (AvgIpc) is 2.24. The van der Waals surface area contributed by atoms with Gasteiger partial charge in [0.1, 0.15) is 6.61 Å². The molecule has 1 aromatic carbocycles. The SMILES string of the molecule is CC[C@]1(Br)COc2c(F)ccc(F)c2O1.